The Morgan fingerprint density at radius 2 is 1.70 bits per heavy atom. The summed E-state index contributed by atoms with van der Waals surface area (Å²) in [5.74, 6) is 0.943. The minimum absolute atomic E-state index is 0.218. The molecule has 0 aliphatic heterocycles. The van der Waals surface area contributed by atoms with Gasteiger partial charge in [-0.15, -0.1) is 0 Å². The normalized spacial score (nSPS) is 12.4. The van der Waals surface area contributed by atoms with E-state index in [1.165, 1.54) is 16.7 Å². The zero-order valence-corrected chi connectivity index (χ0v) is 14.8. The molecule has 0 radical (unpaired) electrons. The fraction of sp³-hybridized carbons (Fsp3) is 0.429. The first-order valence-corrected chi connectivity index (χ1v) is 8.64. The van der Waals surface area contributed by atoms with E-state index in [1.807, 2.05) is 0 Å². The third-order valence-corrected chi connectivity index (χ3v) is 4.11. The van der Waals surface area contributed by atoms with Crippen molar-refractivity contribution >= 4 is 0 Å². The summed E-state index contributed by atoms with van der Waals surface area (Å²) in [5.41, 5.74) is 4.13. The molecule has 0 amide bonds. The van der Waals surface area contributed by atoms with Gasteiger partial charge in [-0.1, -0.05) is 43.3 Å². The quantitative estimate of drug-likeness (QED) is 0.735. The van der Waals surface area contributed by atoms with Crippen LogP contribution in [0.4, 0.5) is 0 Å². The molecule has 2 aromatic carbocycles. The predicted octanol–water partition coefficient (Wildman–Crippen LogP) is 5.07. The zero-order chi connectivity index (χ0) is 16.7. The number of hydrogen-bond donors (Lipinski definition) is 1. The number of nitrogens with one attached hydrogen (secondary N) is 1. The van der Waals surface area contributed by atoms with Crippen molar-refractivity contribution in [2.24, 2.45) is 0 Å². The molecule has 0 heterocycles. The molecule has 2 heteroatoms. The Kier molecular flexibility index (Phi) is 6.66. The standard InChI is InChI=1S/C21H29NO/c1-5-21(19-10-12-20(13-11-19)23-16(2)3)22-15-14-18-9-7-6-8-17(18)4/h6-13,16,21-22H,5,14-15H2,1-4H3. The molecule has 1 atom stereocenters. The molecule has 2 rings (SSSR count). The number of benzene rings is 2. The summed E-state index contributed by atoms with van der Waals surface area (Å²) < 4.78 is 5.71. The van der Waals surface area contributed by atoms with Gasteiger partial charge in [0.05, 0.1) is 6.10 Å². The maximum absolute atomic E-state index is 5.71. The average molecular weight is 311 g/mol. The molecule has 23 heavy (non-hydrogen) atoms. The molecule has 0 fully saturated rings. The van der Waals surface area contributed by atoms with E-state index in [0.717, 1.165) is 25.1 Å². The Morgan fingerprint density at radius 1 is 1.00 bits per heavy atom. The smallest absolute Gasteiger partial charge is 0.119 e. The second-order valence-electron chi connectivity index (χ2n) is 6.33. The first-order chi connectivity index (χ1) is 11.1. The summed E-state index contributed by atoms with van der Waals surface area (Å²) in [6, 6.07) is 17.5. The van der Waals surface area contributed by atoms with Crippen molar-refractivity contribution < 1.29 is 4.74 Å². The van der Waals surface area contributed by atoms with Gasteiger partial charge in [0.25, 0.3) is 0 Å². The van der Waals surface area contributed by atoms with Crippen LogP contribution < -0.4 is 10.1 Å². The van der Waals surface area contributed by atoms with Crippen molar-refractivity contribution in [1.29, 1.82) is 0 Å². The summed E-state index contributed by atoms with van der Waals surface area (Å²) in [6.07, 6.45) is 2.37. The van der Waals surface area contributed by atoms with Gasteiger partial charge in [0, 0.05) is 6.04 Å². The Morgan fingerprint density at radius 3 is 2.30 bits per heavy atom. The highest BCUT2D eigenvalue weighted by molar-refractivity contribution is 5.29. The fourth-order valence-electron chi connectivity index (χ4n) is 2.82. The molecule has 1 unspecified atom stereocenters. The van der Waals surface area contributed by atoms with Crippen LogP contribution in [0, 0.1) is 6.92 Å². The lowest BCUT2D eigenvalue weighted by Gasteiger charge is -2.19. The highest BCUT2D eigenvalue weighted by Crippen LogP contribution is 2.21. The van der Waals surface area contributed by atoms with Crippen molar-refractivity contribution in [1.82, 2.24) is 5.32 Å². The first-order valence-electron chi connectivity index (χ1n) is 8.64. The van der Waals surface area contributed by atoms with Crippen LogP contribution >= 0.6 is 0 Å². The van der Waals surface area contributed by atoms with Crippen LogP contribution in [0.3, 0.4) is 0 Å². The number of hydrogen-bond acceptors (Lipinski definition) is 2. The lowest BCUT2D eigenvalue weighted by Crippen LogP contribution is -2.23. The molecule has 0 spiro atoms. The molecule has 1 N–H and O–H groups in total. The summed E-state index contributed by atoms with van der Waals surface area (Å²) in [7, 11) is 0. The Hall–Kier alpha value is -1.80. The number of ether oxygens (including phenoxy) is 1. The Balaban J connectivity index is 1.91. The van der Waals surface area contributed by atoms with E-state index < -0.39 is 0 Å². The molecule has 0 bridgehead atoms. The molecular weight excluding hydrogens is 282 g/mol. The second kappa shape index (κ2) is 8.73. The monoisotopic (exact) mass is 311 g/mol. The van der Waals surface area contributed by atoms with E-state index >= 15 is 0 Å². The third kappa shape index (κ3) is 5.40. The number of rotatable bonds is 8. The number of aryl methyl sites for hydroxylation is 1. The van der Waals surface area contributed by atoms with Crippen LogP contribution in [0.1, 0.15) is 49.9 Å². The van der Waals surface area contributed by atoms with Gasteiger partial charge in [0.15, 0.2) is 0 Å². The van der Waals surface area contributed by atoms with Crippen LogP contribution in [0.15, 0.2) is 48.5 Å². The van der Waals surface area contributed by atoms with Crippen LogP contribution in [0.25, 0.3) is 0 Å². The maximum Gasteiger partial charge on any atom is 0.119 e. The molecular formula is C21H29NO. The van der Waals surface area contributed by atoms with E-state index in [2.05, 4.69) is 81.5 Å². The van der Waals surface area contributed by atoms with Crippen LogP contribution in [-0.4, -0.2) is 12.6 Å². The molecule has 0 saturated carbocycles. The van der Waals surface area contributed by atoms with Gasteiger partial charge in [-0.25, -0.2) is 0 Å². The Labute approximate surface area is 140 Å². The van der Waals surface area contributed by atoms with Crippen LogP contribution in [0.2, 0.25) is 0 Å². The van der Waals surface area contributed by atoms with Crippen molar-refractivity contribution in [2.75, 3.05) is 6.54 Å². The lowest BCUT2D eigenvalue weighted by molar-refractivity contribution is 0.242. The van der Waals surface area contributed by atoms with Gasteiger partial charge >= 0.3 is 0 Å². The van der Waals surface area contributed by atoms with Gasteiger partial charge in [-0.3, -0.25) is 0 Å². The molecule has 0 saturated heterocycles. The molecule has 2 nitrogen and oxygen atoms in total. The third-order valence-electron chi connectivity index (χ3n) is 4.11. The molecule has 0 aliphatic carbocycles. The predicted molar refractivity (Wildman–Crippen MR) is 98.1 cm³/mol. The van der Waals surface area contributed by atoms with Crippen molar-refractivity contribution in [2.45, 2.75) is 52.7 Å². The van der Waals surface area contributed by atoms with Gasteiger partial charge in [-0.05, 0) is 69.0 Å². The van der Waals surface area contributed by atoms with Crippen molar-refractivity contribution in [3.63, 3.8) is 0 Å². The van der Waals surface area contributed by atoms with Gasteiger partial charge in [0.1, 0.15) is 5.75 Å². The van der Waals surface area contributed by atoms with Gasteiger partial charge in [0.2, 0.25) is 0 Å². The average Bonchev–Trinajstić information content (AvgIpc) is 2.54. The van der Waals surface area contributed by atoms with E-state index in [-0.39, 0.29) is 6.10 Å². The summed E-state index contributed by atoms with van der Waals surface area (Å²) in [6.45, 7) is 9.50. The van der Waals surface area contributed by atoms with E-state index in [9.17, 15) is 0 Å². The van der Waals surface area contributed by atoms with E-state index in [4.69, 9.17) is 4.74 Å². The van der Waals surface area contributed by atoms with Crippen molar-refractivity contribution in [3.05, 3.63) is 65.2 Å². The summed E-state index contributed by atoms with van der Waals surface area (Å²) >= 11 is 0. The largest absolute Gasteiger partial charge is 0.491 e. The van der Waals surface area contributed by atoms with E-state index in [1.54, 1.807) is 0 Å². The minimum Gasteiger partial charge on any atom is -0.491 e. The highest BCUT2D eigenvalue weighted by Gasteiger charge is 2.09. The SMILES string of the molecule is CCC(NCCc1ccccc1C)c1ccc(OC(C)C)cc1. The van der Waals surface area contributed by atoms with Gasteiger partial charge < -0.3 is 10.1 Å². The minimum atomic E-state index is 0.218. The maximum atomic E-state index is 5.71. The van der Waals surface area contributed by atoms with Crippen LogP contribution in [-0.2, 0) is 6.42 Å². The fourth-order valence-corrected chi connectivity index (χ4v) is 2.82. The lowest BCUT2D eigenvalue weighted by atomic mass is 10.0. The molecule has 2 aromatic rings. The molecule has 0 aliphatic rings. The van der Waals surface area contributed by atoms with Crippen molar-refractivity contribution in [3.8, 4) is 5.75 Å². The summed E-state index contributed by atoms with van der Waals surface area (Å²) in [5, 5.41) is 3.68. The van der Waals surface area contributed by atoms with Gasteiger partial charge in [-0.2, -0.15) is 0 Å². The first kappa shape index (κ1) is 17.6. The second-order valence-corrected chi connectivity index (χ2v) is 6.33. The topological polar surface area (TPSA) is 21.3 Å². The Bertz CT molecular complexity index is 589. The molecule has 124 valence electrons. The van der Waals surface area contributed by atoms with Crippen LogP contribution in [0.5, 0.6) is 5.75 Å². The zero-order valence-electron chi connectivity index (χ0n) is 14.8. The summed E-state index contributed by atoms with van der Waals surface area (Å²) in [4.78, 5) is 0. The van der Waals surface area contributed by atoms with E-state index in [0.29, 0.717) is 6.04 Å². The highest BCUT2D eigenvalue weighted by atomic mass is 16.5. The molecule has 0 aromatic heterocycles.